The number of benzene rings is 1. The number of hydrogen-bond acceptors (Lipinski definition) is 6. The van der Waals surface area contributed by atoms with Crippen molar-refractivity contribution >= 4 is 39.7 Å². The Morgan fingerprint density at radius 1 is 1.03 bits per heavy atom. The zero-order valence-electron chi connectivity index (χ0n) is 16.5. The first kappa shape index (κ1) is 22.9. The summed E-state index contributed by atoms with van der Waals surface area (Å²) >= 11 is 3.34. The third kappa shape index (κ3) is 6.28. The Bertz CT molecular complexity index is 726. The summed E-state index contributed by atoms with van der Waals surface area (Å²) in [6, 6.07) is 5.62. The van der Waals surface area contributed by atoms with Crippen molar-refractivity contribution in [3.05, 3.63) is 34.3 Å². The standard InChI is InChI=1S/C20H25BrN2O6/c1-3-28-19(26)16(20(27)29-4-2)22-17(24)13-9-11-23(12-10-13)18(25)14-5-7-15(21)8-6-14/h5-8,13,16H,3-4,9-12H2,1-2H3,(H,22,24). The SMILES string of the molecule is CCOC(=O)C(NC(=O)C1CCN(C(=O)c2ccc(Br)cc2)CC1)C(=O)OCC. The molecule has 0 radical (unpaired) electrons. The van der Waals surface area contributed by atoms with Crippen LogP contribution < -0.4 is 5.32 Å². The minimum Gasteiger partial charge on any atom is -0.464 e. The van der Waals surface area contributed by atoms with Crippen molar-refractivity contribution < 1.29 is 28.7 Å². The van der Waals surface area contributed by atoms with E-state index in [1.807, 2.05) is 0 Å². The maximum atomic E-state index is 12.6. The molecular weight excluding hydrogens is 444 g/mol. The predicted molar refractivity (Wildman–Crippen MR) is 108 cm³/mol. The highest BCUT2D eigenvalue weighted by atomic mass is 79.9. The maximum Gasteiger partial charge on any atom is 0.340 e. The monoisotopic (exact) mass is 468 g/mol. The minimum atomic E-state index is -1.48. The molecule has 0 atom stereocenters. The molecule has 1 N–H and O–H groups in total. The number of hydrogen-bond donors (Lipinski definition) is 1. The summed E-state index contributed by atoms with van der Waals surface area (Å²) < 4.78 is 10.6. The highest BCUT2D eigenvalue weighted by Crippen LogP contribution is 2.20. The Hall–Kier alpha value is -2.42. The van der Waals surface area contributed by atoms with Crippen LogP contribution in [0.3, 0.4) is 0 Å². The number of halogens is 1. The molecule has 2 amide bonds. The van der Waals surface area contributed by atoms with Gasteiger partial charge in [0, 0.05) is 29.0 Å². The van der Waals surface area contributed by atoms with Crippen molar-refractivity contribution in [1.29, 1.82) is 0 Å². The van der Waals surface area contributed by atoms with Crippen molar-refractivity contribution in [2.45, 2.75) is 32.7 Å². The number of ether oxygens (including phenoxy) is 2. The van der Waals surface area contributed by atoms with E-state index < -0.39 is 29.8 Å². The molecule has 2 rings (SSSR count). The first-order valence-corrected chi connectivity index (χ1v) is 10.3. The Kier molecular flexibility index (Phi) is 8.63. The topological polar surface area (TPSA) is 102 Å². The van der Waals surface area contributed by atoms with E-state index in [0.717, 1.165) is 4.47 Å². The molecule has 0 bridgehead atoms. The summed E-state index contributed by atoms with van der Waals surface area (Å²) in [4.78, 5) is 50.9. The van der Waals surface area contributed by atoms with Gasteiger partial charge in [-0.2, -0.15) is 0 Å². The second-order valence-corrected chi connectivity index (χ2v) is 7.43. The average Bonchev–Trinajstić information content (AvgIpc) is 2.72. The van der Waals surface area contributed by atoms with Gasteiger partial charge in [-0.1, -0.05) is 15.9 Å². The molecule has 1 aromatic carbocycles. The lowest BCUT2D eigenvalue weighted by atomic mass is 9.95. The van der Waals surface area contributed by atoms with Gasteiger partial charge in [0.1, 0.15) is 0 Å². The molecule has 0 aliphatic carbocycles. The molecule has 0 spiro atoms. The molecule has 0 aromatic heterocycles. The zero-order chi connectivity index (χ0) is 21.4. The number of rotatable bonds is 7. The average molecular weight is 469 g/mol. The Morgan fingerprint density at radius 3 is 2.03 bits per heavy atom. The van der Waals surface area contributed by atoms with Crippen LogP contribution in [0.25, 0.3) is 0 Å². The van der Waals surface area contributed by atoms with Crippen LogP contribution in [0.15, 0.2) is 28.7 Å². The number of nitrogens with one attached hydrogen (secondary N) is 1. The summed E-state index contributed by atoms with van der Waals surface area (Å²) in [5.41, 5.74) is 0.584. The summed E-state index contributed by atoms with van der Waals surface area (Å²) in [6.07, 6.45) is 0.874. The van der Waals surface area contributed by atoms with E-state index >= 15 is 0 Å². The van der Waals surface area contributed by atoms with E-state index in [1.165, 1.54) is 0 Å². The molecule has 1 aromatic rings. The normalized spacial score (nSPS) is 14.4. The van der Waals surface area contributed by atoms with Crippen molar-refractivity contribution in [3.63, 3.8) is 0 Å². The summed E-state index contributed by atoms with van der Waals surface area (Å²) in [7, 11) is 0. The molecule has 1 heterocycles. The Labute approximate surface area is 178 Å². The van der Waals surface area contributed by atoms with Gasteiger partial charge < -0.3 is 19.7 Å². The van der Waals surface area contributed by atoms with Crippen molar-refractivity contribution in [2.24, 2.45) is 5.92 Å². The van der Waals surface area contributed by atoms with Gasteiger partial charge in [0.2, 0.25) is 11.9 Å². The number of nitrogens with zero attached hydrogens (tertiary/aromatic N) is 1. The quantitative estimate of drug-likeness (QED) is 0.484. The van der Waals surface area contributed by atoms with Gasteiger partial charge in [-0.3, -0.25) is 9.59 Å². The Balaban J connectivity index is 1.93. The minimum absolute atomic E-state index is 0.0845. The lowest BCUT2D eigenvalue weighted by Gasteiger charge is -2.32. The van der Waals surface area contributed by atoms with E-state index in [-0.39, 0.29) is 19.1 Å². The number of amides is 2. The molecule has 29 heavy (non-hydrogen) atoms. The molecule has 0 unspecified atom stereocenters. The molecule has 158 valence electrons. The largest absolute Gasteiger partial charge is 0.464 e. The van der Waals surface area contributed by atoms with Crippen molar-refractivity contribution in [3.8, 4) is 0 Å². The highest BCUT2D eigenvalue weighted by Gasteiger charge is 2.35. The van der Waals surface area contributed by atoms with E-state index in [4.69, 9.17) is 9.47 Å². The first-order chi connectivity index (χ1) is 13.9. The third-order valence-electron chi connectivity index (χ3n) is 4.58. The van der Waals surface area contributed by atoms with Gasteiger partial charge in [0.25, 0.3) is 5.91 Å². The van der Waals surface area contributed by atoms with Gasteiger partial charge in [0.05, 0.1) is 13.2 Å². The van der Waals surface area contributed by atoms with Crippen LogP contribution in [-0.4, -0.2) is 61.0 Å². The van der Waals surface area contributed by atoms with Gasteiger partial charge in [-0.15, -0.1) is 0 Å². The van der Waals surface area contributed by atoms with Crippen LogP contribution in [0.2, 0.25) is 0 Å². The highest BCUT2D eigenvalue weighted by molar-refractivity contribution is 9.10. The molecular formula is C20H25BrN2O6. The van der Waals surface area contributed by atoms with Crippen LogP contribution in [0.4, 0.5) is 0 Å². The van der Waals surface area contributed by atoms with Crippen LogP contribution in [0.1, 0.15) is 37.0 Å². The van der Waals surface area contributed by atoms with Crippen LogP contribution in [0.5, 0.6) is 0 Å². The summed E-state index contributed by atoms with van der Waals surface area (Å²) in [6.45, 7) is 4.22. The molecule has 8 nitrogen and oxygen atoms in total. The van der Waals surface area contributed by atoms with Gasteiger partial charge in [0.15, 0.2) is 0 Å². The van der Waals surface area contributed by atoms with E-state index in [1.54, 1.807) is 43.0 Å². The third-order valence-corrected chi connectivity index (χ3v) is 5.10. The lowest BCUT2D eigenvalue weighted by Crippen LogP contribution is -2.51. The first-order valence-electron chi connectivity index (χ1n) is 9.55. The van der Waals surface area contributed by atoms with Gasteiger partial charge >= 0.3 is 11.9 Å². The van der Waals surface area contributed by atoms with E-state index in [9.17, 15) is 19.2 Å². The number of carbonyl (C=O) groups is 4. The van der Waals surface area contributed by atoms with E-state index in [2.05, 4.69) is 21.2 Å². The number of carbonyl (C=O) groups excluding carboxylic acids is 4. The molecule has 1 aliphatic rings. The van der Waals surface area contributed by atoms with E-state index in [0.29, 0.717) is 31.5 Å². The number of likely N-dealkylation sites (tertiary alicyclic amines) is 1. The lowest BCUT2D eigenvalue weighted by molar-refractivity contribution is -0.160. The van der Waals surface area contributed by atoms with Crippen LogP contribution in [0, 0.1) is 5.92 Å². The Morgan fingerprint density at radius 2 is 1.55 bits per heavy atom. The fourth-order valence-electron chi connectivity index (χ4n) is 3.05. The maximum absolute atomic E-state index is 12.6. The van der Waals surface area contributed by atoms with Crippen molar-refractivity contribution in [1.82, 2.24) is 10.2 Å². The number of piperidine rings is 1. The smallest absolute Gasteiger partial charge is 0.340 e. The predicted octanol–water partition coefficient (Wildman–Crippen LogP) is 1.91. The summed E-state index contributed by atoms with van der Waals surface area (Å²) in [5, 5.41) is 2.44. The summed E-state index contributed by atoms with van der Waals surface area (Å²) in [5.74, 6) is -2.61. The number of esters is 2. The molecule has 1 aliphatic heterocycles. The molecule has 1 fully saturated rings. The zero-order valence-corrected chi connectivity index (χ0v) is 18.1. The van der Waals surface area contributed by atoms with Gasteiger partial charge in [-0.25, -0.2) is 9.59 Å². The van der Waals surface area contributed by atoms with Crippen LogP contribution in [-0.2, 0) is 23.9 Å². The second-order valence-electron chi connectivity index (χ2n) is 6.52. The van der Waals surface area contributed by atoms with Gasteiger partial charge in [-0.05, 0) is 51.0 Å². The molecule has 9 heteroatoms. The molecule has 1 saturated heterocycles. The van der Waals surface area contributed by atoms with Crippen LogP contribution >= 0.6 is 15.9 Å². The molecule has 0 saturated carbocycles. The van der Waals surface area contributed by atoms with Crippen molar-refractivity contribution in [2.75, 3.05) is 26.3 Å². The fraction of sp³-hybridized carbons (Fsp3) is 0.500. The fourth-order valence-corrected chi connectivity index (χ4v) is 3.31. The second kappa shape index (κ2) is 10.9.